The zero-order valence-corrected chi connectivity index (χ0v) is 17.8. The number of thiazole rings is 2. The van der Waals surface area contributed by atoms with Gasteiger partial charge in [-0.25, -0.2) is 19.3 Å². The predicted molar refractivity (Wildman–Crippen MR) is 122 cm³/mol. The van der Waals surface area contributed by atoms with Crippen molar-refractivity contribution in [2.24, 2.45) is 5.14 Å². The molecular weight excluding hydrogens is 440 g/mol. The molecule has 0 bridgehead atoms. The van der Waals surface area contributed by atoms with Crippen molar-refractivity contribution in [2.75, 3.05) is 16.8 Å². The van der Waals surface area contributed by atoms with Crippen LogP contribution in [0, 0.1) is 0 Å². The van der Waals surface area contributed by atoms with Gasteiger partial charge in [-0.05, 0) is 36.4 Å². The van der Waals surface area contributed by atoms with Crippen LogP contribution in [-0.2, 0) is 11.0 Å². The Balaban J connectivity index is 1.55. The van der Waals surface area contributed by atoms with E-state index >= 15 is 0 Å². The Morgan fingerprint density at radius 2 is 1.83 bits per heavy atom. The third kappa shape index (κ3) is 4.24. The quantitative estimate of drug-likeness (QED) is 0.256. The van der Waals surface area contributed by atoms with E-state index in [0.29, 0.717) is 42.7 Å². The maximum atomic E-state index is 12.7. The number of nitrogens with zero attached hydrogens (tertiary/aromatic N) is 2. The van der Waals surface area contributed by atoms with E-state index in [0.717, 1.165) is 5.69 Å². The Kier molecular flexibility index (Phi) is 5.59. The van der Waals surface area contributed by atoms with Crippen molar-refractivity contribution in [1.82, 2.24) is 9.97 Å². The van der Waals surface area contributed by atoms with Gasteiger partial charge in [-0.1, -0.05) is 23.5 Å². The lowest BCUT2D eigenvalue weighted by Crippen LogP contribution is -2.02. The summed E-state index contributed by atoms with van der Waals surface area (Å²) in [6, 6.07) is 13.6. The molecule has 4 rings (SSSR count). The number of benzene rings is 2. The Hall–Kier alpha value is -3.12. The molecule has 0 saturated carbocycles. The van der Waals surface area contributed by atoms with Gasteiger partial charge in [0.2, 0.25) is 5.78 Å². The maximum Gasteiger partial charge on any atom is 0.212 e. The molecule has 0 amide bonds. The summed E-state index contributed by atoms with van der Waals surface area (Å²) < 4.78 is 11.3. The molecule has 0 fully saturated rings. The van der Waals surface area contributed by atoms with Gasteiger partial charge in [0.1, 0.15) is 32.4 Å². The van der Waals surface area contributed by atoms with E-state index < -0.39 is 11.0 Å². The summed E-state index contributed by atoms with van der Waals surface area (Å²) in [7, 11) is -1.53. The van der Waals surface area contributed by atoms with Crippen LogP contribution in [-0.4, -0.2) is 20.0 Å². The zero-order chi connectivity index (χ0) is 21.3. The van der Waals surface area contributed by atoms with Gasteiger partial charge >= 0.3 is 0 Å². The number of ketones is 1. The van der Waals surface area contributed by atoms with Crippen LogP contribution in [0.1, 0.15) is 16.1 Å². The molecule has 0 saturated heterocycles. The first-order chi connectivity index (χ1) is 14.4. The molecule has 7 N–H and O–H groups in total. The first-order valence-electron chi connectivity index (χ1n) is 8.56. The van der Waals surface area contributed by atoms with Crippen LogP contribution in [0.3, 0.4) is 0 Å². The third-order valence-corrected chi connectivity index (χ3v) is 6.79. The number of nitrogens with two attached hydrogens (primary N) is 3. The van der Waals surface area contributed by atoms with Crippen LogP contribution >= 0.6 is 22.7 Å². The van der Waals surface area contributed by atoms with Gasteiger partial charge in [-0.15, -0.1) is 11.3 Å². The van der Waals surface area contributed by atoms with Crippen molar-refractivity contribution in [2.45, 2.75) is 4.90 Å². The Morgan fingerprint density at radius 3 is 2.53 bits per heavy atom. The van der Waals surface area contributed by atoms with E-state index in [-0.39, 0.29) is 5.78 Å². The van der Waals surface area contributed by atoms with Crippen molar-refractivity contribution in [3.05, 3.63) is 65.2 Å². The van der Waals surface area contributed by atoms with Gasteiger partial charge in [0, 0.05) is 22.3 Å². The van der Waals surface area contributed by atoms with E-state index in [1.54, 1.807) is 53.9 Å². The lowest BCUT2D eigenvalue weighted by atomic mass is 10.1. The van der Waals surface area contributed by atoms with E-state index in [2.05, 4.69) is 15.3 Å². The fourth-order valence-electron chi connectivity index (χ4n) is 2.64. The predicted octanol–water partition coefficient (Wildman–Crippen LogP) is 3.39. The van der Waals surface area contributed by atoms with Crippen molar-refractivity contribution in [3.8, 4) is 9.88 Å². The molecule has 2 heterocycles. The molecule has 1 unspecified atom stereocenters. The molecule has 8 nitrogen and oxygen atoms in total. The average Bonchev–Trinajstić information content (AvgIpc) is 3.34. The summed E-state index contributed by atoms with van der Waals surface area (Å²) in [5, 5.41) is 11.4. The fourth-order valence-corrected chi connectivity index (χ4v) is 4.85. The minimum atomic E-state index is -1.53. The molecule has 0 aliphatic heterocycles. The molecule has 30 heavy (non-hydrogen) atoms. The smallest absolute Gasteiger partial charge is 0.212 e. The van der Waals surface area contributed by atoms with Crippen LogP contribution in [0.25, 0.3) is 9.88 Å². The molecular formula is C19H16N6O2S3. The minimum absolute atomic E-state index is 0.205. The monoisotopic (exact) mass is 456 g/mol. The van der Waals surface area contributed by atoms with Gasteiger partial charge in [0.25, 0.3) is 0 Å². The van der Waals surface area contributed by atoms with E-state index in [4.69, 9.17) is 16.6 Å². The first kappa shape index (κ1) is 20.2. The molecule has 0 spiro atoms. The number of rotatable bonds is 6. The summed E-state index contributed by atoms with van der Waals surface area (Å²) in [5.74, 6) is 0.114. The number of nitrogens with one attached hydrogen (secondary N) is 1. The third-order valence-electron chi connectivity index (χ3n) is 4.07. The number of carbonyl (C=O) groups is 1. The van der Waals surface area contributed by atoms with Crippen LogP contribution in [0.4, 0.5) is 22.3 Å². The number of nitrogen functional groups attached to an aromatic ring is 2. The van der Waals surface area contributed by atoms with Gasteiger partial charge in [0.05, 0.1) is 4.90 Å². The number of hydrogen-bond acceptors (Lipinski definition) is 9. The highest BCUT2D eigenvalue weighted by Crippen LogP contribution is 2.38. The van der Waals surface area contributed by atoms with Crippen molar-refractivity contribution in [3.63, 3.8) is 0 Å². The minimum Gasteiger partial charge on any atom is -0.399 e. The lowest BCUT2D eigenvalue weighted by molar-refractivity contribution is 0.103. The molecule has 4 aromatic rings. The van der Waals surface area contributed by atoms with E-state index in [1.165, 1.54) is 22.7 Å². The highest BCUT2D eigenvalue weighted by molar-refractivity contribution is 7.82. The van der Waals surface area contributed by atoms with E-state index in [9.17, 15) is 9.00 Å². The zero-order valence-electron chi connectivity index (χ0n) is 15.4. The van der Waals surface area contributed by atoms with Gasteiger partial charge in [-0.3, -0.25) is 4.79 Å². The standard InChI is InChI=1S/C19H16N6O2S3/c20-11-3-1-2-10(8-11)15(26)14-9-28-18(24-14)16-17(21)25-19(29-16)23-12-4-6-13(7-5-12)30(22)27/h1-9H,20-22H2,(H,23,25). The molecule has 11 heteroatoms. The molecule has 0 aliphatic rings. The van der Waals surface area contributed by atoms with Gasteiger partial charge in [-0.2, -0.15) is 0 Å². The highest BCUT2D eigenvalue weighted by Gasteiger charge is 2.18. The molecule has 2 aromatic heterocycles. The van der Waals surface area contributed by atoms with Crippen LogP contribution in [0.15, 0.2) is 58.8 Å². The van der Waals surface area contributed by atoms with Crippen LogP contribution in [0.5, 0.6) is 0 Å². The second kappa shape index (κ2) is 8.32. The molecule has 0 aliphatic carbocycles. The number of hydrogen-bond donors (Lipinski definition) is 4. The number of aromatic nitrogens is 2. The first-order valence-corrected chi connectivity index (χ1v) is 11.5. The van der Waals surface area contributed by atoms with Gasteiger partial charge < -0.3 is 16.8 Å². The topological polar surface area (TPSA) is 150 Å². The Morgan fingerprint density at radius 1 is 1.07 bits per heavy atom. The molecule has 1 atom stereocenters. The lowest BCUT2D eigenvalue weighted by Gasteiger charge is -2.02. The molecule has 2 aromatic carbocycles. The van der Waals surface area contributed by atoms with Crippen molar-refractivity contribution >= 4 is 61.8 Å². The summed E-state index contributed by atoms with van der Waals surface area (Å²) in [6.07, 6.45) is 0. The maximum absolute atomic E-state index is 12.7. The van der Waals surface area contributed by atoms with Gasteiger partial charge in [0.15, 0.2) is 5.13 Å². The SMILES string of the molecule is Nc1cccc(C(=O)c2csc(-c3sc(Nc4ccc(S(N)=O)cc4)nc3N)n2)c1. The Bertz CT molecular complexity index is 1250. The van der Waals surface area contributed by atoms with Crippen LogP contribution in [0.2, 0.25) is 0 Å². The fraction of sp³-hybridized carbons (Fsp3) is 0. The second-order valence-corrected chi connectivity index (χ2v) is 9.10. The normalized spacial score (nSPS) is 11.9. The highest BCUT2D eigenvalue weighted by atomic mass is 32.2. The molecule has 0 radical (unpaired) electrons. The number of anilines is 4. The second-order valence-electron chi connectivity index (χ2n) is 6.17. The largest absolute Gasteiger partial charge is 0.399 e. The summed E-state index contributed by atoms with van der Waals surface area (Å²) in [5.41, 5.74) is 13.9. The summed E-state index contributed by atoms with van der Waals surface area (Å²) in [6.45, 7) is 0. The average molecular weight is 457 g/mol. The van der Waals surface area contributed by atoms with Crippen molar-refractivity contribution in [1.29, 1.82) is 0 Å². The van der Waals surface area contributed by atoms with E-state index in [1.807, 2.05) is 0 Å². The summed E-state index contributed by atoms with van der Waals surface area (Å²) >= 11 is 2.65. The molecule has 152 valence electrons. The summed E-state index contributed by atoms with van der Waals surface area (Å²) in [4.78, 5) is 22.6. The number of carbonyl (C=O) groups excluding carboxylic acids is 1. The van der Waals surface area contributed by atoms with Crippen LogP contribution < -0.4 is 21.9 Å². The Labute approximate surface area is 182 Å². The van der Waals surface area contributed by atoms with Crippen molar-refractivity contribution < 1.29 is 9.00 Å².